The molecule has 0 saturated heterocycles. The molecule has 9 rings (SSSR count). The van der Waals surface area contributed by atoms with Crippen molar-refractivity contribution in [3.8, 4) is 87.5 Å². The van der Waals surface area contributed by atoms with E-state index in [0.717, 1.165) is 18.2 Å². The minimum Gasteiger partial charge on any atom is -1.00 e. The second-order valence-corrected chi connectivity index (χ2v) is 29.5. The third-order valence-corrected chi connectivity index (χ3v) is 13.2. The van der Waals surface area contributed by atoms with Gasteiger partial charge in [-0.15, -0.1) is 70.5 Å². The number of amides is 1. The molecule has 0 aliphatic rings. The van der Waals surface area contributed by atoms with Crippen LogP contribution in [-0.2, 0) is 24.5 Å². The zero-order valence-electron chi connectivity index (χ0n) is 56.2. The average molecular weight is 1950 g/mol. The molecule has 40 heteroatoms. The molecular formula is C75H76B2Br3Cl7FN10Na2O14S-. The van der Waals surface area contributed by atoms with Crippen LogP contribution in [0.25, 0.3) is 19.4 Å². The molecule has 0 fully saturated rings. The maximum Gasteiger partial charge on any atom is 1.00 e. The molecule has 0 radical (unpaired) electrons. The molecule has 5 N–H and O–H groups in total. The summed E-state index contributed by atoms with van der Waals surface area (Å²) in [6, 6.07) is 46.5. The number of carbonyl (C=O) groups is 2. The topological polar surface area (TPSA) is 347 Å². The summed E-state index contributed by atoms with van der Waals surface area (Å²) in [4.78, 5) is 36.2. The molecule has 0 spiro atoms. The van der Waals surface area contributed by atoms with Crippen LogP contribution in [0.3, 0.4) is 0 Å². The molecule has 0 aliphatic carbocycles. The Morgan fingerprint density at radius 1 is 0.539 bits per heavy atom. The summed E-state index contributed by atoms with van der Waals surface area (Å²) >= 11 is 48.3. The monoisotopic (exact) mass is 1940 g/mol. The van der Waals surface area contributed by atoms with Gasteiger partial charge in [-0.1, -0.05) is 118 Å². The number of nitrogens with one attached hydrogen (secondary N) is 1. The number of anilines is 1. The Balaban J connectivity index is -0.000000150. The Hall–Kier alpha value is -8.36. The normalized spacial score (nSPS) is 8.51. The third-order valence-electron chi connectivity index (χ3n) is 11.1. The summed E-state index contributed by atoms with van der Waals surface area (Å²) in [6.07, 6.45) is 0. The number of phenols is 2. The molecule has 0 bridgehead atoms. The Labute approximate surface area is 779 Å². The van der Waals surface area contributed by atoms with Gasteiger partial charge in [-0.2, -0.15) is 21.0 Å². The van der Waals surface area contributed by atoms with E-state index in [1.165, 1.54) is 123 Å². The standard InChI is InChI=1S/C22H14Cl2N4O5S.C15H9ClN2O2.C14H7ClN2O2.C8H3FN2.C7H7ClO2.CH2Cl2.CH2O3.7CH4.BBr3.BH4.2Na.H/c1-27-15-4-13(11-25)5-17(8-15)33-18-7-14(23)6-16(9-18)32-12-22(29)28-21-3-2-19(10-20(21)24)34(26,30)31;1-18-12-3-10(9-17)4-14(7-12)20-15-6-11(16)5-13(8-15)19-2;1-17-11-2-9(8-16)3-13(6-11)19-14-5-10(15)4-12(18)7-14;1-11-8-3-6(5-10)2-7(9)4-8;1-10-7-3-5(8)2-6(9)4-7;2-1-3;2-1-4-3;;;;;;;;2-1(3)4;;;;/h2-10H,12H2,(H,28,29)(H2,26,30,31);3-8H,2H3;2-7,18H;2-4H;2-4,9H,1H3;1H2;1,3H;7*1H4;;1H4;;;/q;;;;;;;;;;;;;;;-1;2*+1;-1/p-1. The van der Waals surface area contributed by atoms with Crippen molar-refractivity contribution in [3.05, 3.63) is 263 Å². The van der Waals surface area contributed by atoms with E-state index in [-0.39, 0.29) is 208 Å². The predicted octanol–water partition coefficient (Wildman–Crippen LogP) is 17.1. The van der Waals surface area contributed by atoms with Gasteiger partial charge < -0.3 is 55.5 Å². The van der Waals surface area contributed by atoms with E-state index in [4.69, 9.17) is 177 Å². The zero-order chi connectivity index (χ0) is 78.8. The van der Waals surface area contributed by atoms with Crippen LogP contribution in [0.4, 0.5) is 32.8 Å². The first-order valence-corrected chi connectivity index (χ1v) is 34.7. The summed E-state index contributed by atoms with van der Waals surface area (Å²) in [5, 5.41) is 71.3. The Morgan fingerprint density at radius 2 is 0.826 bits per heavy atom. The summed E-state index contributed by atoms with van der Waals surface area (Å²) in [5.41, 5.74) is 2.34. The van der Waals surface area contributed by atoms with Crippen molar-refractivity contribution in [1.82, 2.24) is 0 Å². The molecule has 9 aromatic rings. The number of methoxy groups -OCH3 is 2. The van der Waals surface area contributed by atoms with Gasteiger partial charge in [0.05, 0.1) is 85.7 Å². The van der Waals surface area contributed by atoms with Crippen LogP contribution in [0.2, 0.25) is 25.1 Å². The molecule has 0 heterocycles. The number of alkyl halides is 2. The SMILES string of the molecule is BrB(Br)Br.C.C.C.C.C.C.C.COc1cc(O)cc(Cl)c1.ClCCl.O=CO[O-].[BH4-].[C-]#[N+]c1cc(C#N)cc(Oc2cc(Cl)cc(OC)c2)c1.[C-]#[N+]c1cc(C#N)cc(Oc2cc(Cl)cc(OCC(=O)Nc3ccc(S(N)(=O)=O)cc3Cl)c2)c1.[C-]#[N+]c1cc(C#N)cc(Oc2cc(O)cc(Cl)c2)c1.[C-]#[N+]c1cc(F)cc(C#N)c1.[H-].[Na+].[Na+]. The average Bonchev–Trinajstić information content (AvgIpc) is 0.842. The number of nitrogens with two attached hydrogens (primary N) is 1. The van der Waals surface area contributed by atoms with E-state index in [2.05, 4.69) is 76.9 Å². The number of nitriles is 4. The molecular weight excluding hydrogens is 1870 g/mol. The van der Waals surface area contributed by atoms with Gasteiger partial charge in [0, 0.05) is 66.6 Å². The second-order valence-electron chi connectivity index (χ2n) is 18.6. The number of hydrogen-bond acceptors (Lipinski definition) is 18. The van der Waals surface area contributed by atoms with E-state index in [9.17, 15) is 22.7 Å². The smallest absolute Gasteiger partial charge is 1.00 e. The minimum absolute atomic E-state index is 0. The first kappa shape index (κ1) is 125. The largest absolute Gasteiger partial charge is 1.00 e. The van der Waals surface area contributed by atoms with Gasteiger partial charge in [0.2, 0.25) is 10.0 Å². The van der Waals surface area contributed by atoms with Crippen molar-refractivity contribution < 1.29 is 132 Å². The number of aromatic hydroxyl groups is 2. The Bertz CT molecular complexity index is 4860. The quantitative estimate of drug-likeness (QED) is 0.0196. The number of benzene rings is 9. The van der Waals surface area contributed by atoms with Crippen molar-refractivity contribution >= 4 is 191 Å². The predicted molar refractivity (Wildman–Crippen MR) is 465 cm³/mol. The number of phenolic OH excluding ortho intramolecular Hbond substituents is 2. The number of hydrogen-bond donors (Lipinski definition) is 4. The number of sulfonamides is 1. The Morgan fingerprint density at radius 3 is 1.14 bits per heavy atom. The van der Waals surface area contributed by atoms with Crippen LogP contribution in [0, 0.1) is 77.4 Å². The Kier molecular flexibility index (Phi) is 73.6. The van der Waals surface area contributed by atoms with E-state index in [1.54, 1.807) is 42.5 Å². The second kappa shape index (κ2) is 67.8. The van der Waals surface area contributed by atoms with E-state index in [0.29, 0.717) is 72.1 Å². The van der Waals surface area contributed by atoms with Crippen LogP contribution < -0.4 is 103 Å². The maximum atomic E-state index is 12.5. The molecule has 0 atom stereocenters. The summed E-state index contributed by atoms with van der Waals surface area (Å²) in [5.74, 6) is 2.38. The van der Waals surface area contributed by atoms with Crippen LogP contribution in [0.1, 0.15) is 75.7 Å². The van der Waals surface area contributed by atoms with Crippen molar-refractivity contribution in [2.45, 2.75) is 56.9 Å². The van der Waals surface area contributed by atoms with Gasteiger partial charge in [0.15, 0.2) is 29.4 Å². The molecule has 1 amide bonds. The number of nitrogens with zero attached hydrogens (tertiary/aromatic N) is 8. The van der Waals surface area contributed by atoms with Crippen molar-refractivity contribution in [3.63, 3.8) is 0 Å². The van der Waals surface area contributed by atoms with Crippen LogP contribution >= 0.6 is 128 Å². The van der Waals surface area contributed by atoms with Crippen molar-refractivity contribution in [1.29, 1.82) is 21.0 Å². The van der Waals surface area contributed by atoms with Gasteiger partial charge in [-0.05, 0) is 140 Å². The number of ether oxygens (including phenoxy) is 6. The van der Waals surface area contributed by atoms with Crippen molar-refractivity contribution in [2.24, 2.45) is 5.14 Å². The fourth-order valence-electron chi connectivity index (χ4n) is 7.20. The van der Waals surface area contributed by atoms with Crippen LogP contribution in [0.5, 0.6) is 63.2 Å². The fraction of sp³-hybridized carbons (Fsp3) is 0.147. The maximum absolute atomic E-state index is 12.5. The van der Waals surface area contributed by atoms with E-state index < -0.39 is 28.4 Å². The molecule has 115 heavy (non-hydrogen) atoms. The van der Waals surface area contributed by atoms with Crippen LogP contribution in [-0.4, -0.2) is 68.8 Å². The number of halogens is 11. The first-order chi connectivity index (χ1) is 49.8. The summed E-state index contributed by atoms with van der Waals surface area (Å²) in [6.45, 7) is 27.1. The van der Waals surface area contributed by atoms with Gasteiger partial charge in [-0.3, -0.25) is 9.59 Å². The number of primary sulfonamides is 1. The molecule has 24 nitrogen and oxygen atoms in total. The van der Waals surface area contributed by atoms with Gasteiger partial charge in [0.25, 0.3) is 12.4 Å². The van der Waals surface area contributed by atoms with E-state index in [1.807, 2.05) is 18.2 Å². The summed E-state index contributed by atoms with van der Waals surface area (Å²) < 4.78 is 67.7. The molecule has 0 aromatic heterocycles. The summed E-state index contributed by atoms with van der Waals surface area (Å²) in [7, 11) is -0.883. The molecule has 0 saturated carbocycles. The third kappa shape index (κ3) is 51.4. The minimum atomic E-state index is -3.93. The molecule has 9 aromatic carbocycles. The first-order valence-electron chi connectivity index (χ1n) is 27.5. The molecule has 0 aliphatic heterocycles. The van der Waals surface area contributed by atoms with Gasteiger partial charge in [0.1, 0.15) is 69.1 Å². The number of rotatable bonds is 14. The van der Waals surface area contributed by atoms with Gasteiger partial charge in [-0.25, -0.2) is 37.3 Å². The molecule has 602 valence electrons. The van der Waals surface area contributed by atoms with Crippen LogP contribution in [0.15, 0.2) is 169 Å². The fourth-order valence-corrected chi connectivity index (χ4v) is 8.90. The number of carbonyl (C=O) groups excluding carboxylic acids is 2. The van der Waals surface area contributed by atoms with Crippen molar-refractivity contribution in [2.75, 3.05) is 31.5 Å². The zero-order valence-corrected chi connectivity index (χ0v) is 70.0. The van der Waals surface area contributed by atoms with Gasteiger partial charge >= 0.3 is 62.3 Å². The molecule has 0 unspecified atom stereocenters. The van der Waals surface area contributed by atoms with E-state index >= 15 is 0 Å².